The van der Waals surface area contributed by atoms with E-state index in [2.05, 4.69) is 43.0 Å². The predicted octanol–water partition coefficient (Wildman–Crippen LogP) is 4.69. The minimum absolute atomic E-state index is 0.291. The molecule has 1 aromatic heterocycles. The normalized spacial score (nSPS) is 12.3. The lowest BCUT2D eigenvalue weighted by Gasteiger charge is -2.10. The predicted molar refractivity (Wildman–Crippen MR) is 103 cm³/mol. The van der Waals surface area contributed by atoms with Gasteiger partial charge < -0.3 is 0 Å². The molecule has 0 fully saturated rings. The topological polar surface area (TPSA) is 29.6 Å². The Labute approximate surface area is 150 Å². The van der Waals surface area contributed by atoms with Crippen molar-refractivity contribution in [3.8, 4) is 11.3 Å². The number of thiazole rings is 1. The average Bonchev–Trinajstić information content (AvgIpc) is 3.00. The highest BCUT2D eigenvalue weighted by atomic mass is 32.1. The molecule has 128 valence electrons. The molecule has 5 heteroatoms. The van der Waals surface area contributed by atoms with E-state index in [9.17, 15) is 4.39 Å². The highest BCUT2D eigenvalue weighted by Gasteiger charge is 2.11. The highest BCUT2D eigenvalue weighted by molar-refractivity contribution is 7.07. The molecule has 2 aromatic carbocycles. The first-order chi connectivity index (χ1) is 12.0. The number of halogens is 1. The number of nitrogens with zero attached hydrogens (tertiary/aromatic N) is 3. The van der Waals surface area contributed by atoms with Gasteiger partial charge in [-0.3, -0.25) is 4.99 Å². The number of aryl methyl sites for hydroxylation is 3. The Morgan fingerprint density at radius 1 is 1.04 bits per heavy atom. The van der Waals surface area contributed by atoms with Crippen molar-refractivity contribution in [2.75, 3.05) is 7.05 Å². The summed E-state index contributed by atoms with van der Waals surface area (Å²) in [6.07, 6.45) is 1.54. The Balaban J connectivity index is 2.14. The van der Waals surface area contributed by atoms with Crippen LogP contribution in [0.2, 0.25) is 0 Å². The molecule has 0 unspecified atom stereocenters. The Bertz CT molecular complexity index is 1010. The minimum Gasteiger partial charge on any atom is -0.261 e. The van der Waals surface area contributed by atoms with E-state index in [1.807, 2.05) is 5.38 Å². The fraction of sp³-hybridized carbons (Fsp3) is 0.200. The van der Waals surface area contributed by atoms with Crippen LogP contribution in [0.25, 0.3) is 11.3 Å². The van der Waals surface area contributed by atoms with Gasteiger partial charge in [0.25, 0.3) is 0 Å². The van der Waals surface area contributed by atoms with Crippen molar-refractivity contribution in [1.82, 2.24) is 4.68 Å². The quantitative estimate of drug-likeness (QED) is 0.611. The highest BCUT2D eigenvalue weighted by Crippen LogP contribution is 2.27. The van der Waals surface area contributed by atoms with Crippen molar-refractivity contribution < 1.29 is 4.39 Å². The molecule has 0 spiro atoms. The molecule has 0 bridgehead atoms. The van der Waals surface area contributed by atoms with Gasteiger partial charge in [-0.05, 0) is 49.6 Å². The number of hydrogen-bond acceptors (Lipinski definition) is 3. The summed E-state index contributed by atoms with van der Waals surface area (Å²) in [5.74, 6) is -0.291. The van der Waals surface area contributed by atoms with Gasteiger partial charge >= 0.3 is 0 Å². The molecule has 3 aromatic rings. The zero-order chi connectivity index (χ0) is 18.0. The van der Waals surface area contributed by atoms with Gasteiger partial charge in [-0.2, -0.15) is 5.10 Å². The van der Waals surface area contributed by atoms with Gasteiger partial charge in [0.15, 0.2) is 0 Å². The molecular weight excluding hydrogens is 333 g/mol. The van der Waals surface area contributed by atoms with Crippen LogP contribution in [0.3, 0.4) is 0 Å². The molecule has 0 aliphatic heterocycles. The van der Waals surface area contributed by atoms with Gasteiger partial charge in [0.05, 0.1) is 11.9 Å². The second-order valence-electron chi connectivity index (χ2n) is 5.96. The molecule has 0 radical (unpaired) electrons. The molecule has 0 N–H and O–H groups in total. The van der Waals surface area contributed by atoms with Crippen molar-refractivity contribution >= 4 is 17.6 Å². The molecule has 0 aliphatic carbocycles. The van der Waals surface area contributed by atoms with Gasteiger partial charge in [-0.1, -0.05) is 24.3 Å². The van der Waals surface area contributed by atoms with Gasteiger partial charge in [-0.25, -0.2) is 9.07 Å². The van der Waals surface area contributed by atoms with E-state index < -0.39 is 0 Å². The smallest absolute Gasteiger partial charge is 0.205 e. The third-order valence-corrected chi connectivity index (χ3v) is 5.12. The first-order valence-corrected chi connectivity index (χ1v) is 8.89. The van der Waals surface area contributed by atoms with Crippen LogP contribution >= 0.6 is 11.3 Å². The van der Waals surface area contributed by atoms with Crippen LogP contribution in [0.15, 0.2) is 51.9 Å². The van der Waals surface area contributed by atoms with Crippen LogP contribution in [0, 0.1) is 26.6 Å². The maximum atomic E-state index is 13.9. The SMILES string of the molecule is CN=c1scc(-c2cc(C)c(C)cc2C)n1N=Cc1ccccc1F. The standard InChI is InChI=1S/C20H20FN3S/c1-13-9-15(3)17(10-14(13)2)19-12-25-20(22-4)24(19)23-11-16-7-5-6-8-18(16)21/h5-12H,1-4H3. The third kappa shape index (κ3) is 3.46. The summed E-state index contributed by atoms with van der Waals surface area (Å²) in [5, 5.41) is 6.55. The van der Waals surface area contributed by atoms with Crippen molar-refractivity contribution in [1.29, 1.82) is 0 Å². The van der Waals surface area contributed by atoms with Gasteiger partial charge in [-0.15, -0.1) is 11.3 Å². The zero-order valence-electron chi connectivity index (χ0n) is 14.7. The van der Waals surface area contributed by atoms with E-state index in [4.69, 9.17) is 0 Å². The Morgan fingerprint density at radius 2 is 1.76 bits per heavy atom. The molecule has 1 heterocycles. The summed E-state index contributed by atoms with van der Waals surface area (Å²) >= 11 is 1.52. The molecule has 0 saturated heterocycles. The van der Waals surface area contributed by atoms with Crippen LogP contribution < -0.4 is 4.80 Å². The third-order valence-electron chi connectivity index (χ3n) is 4.21. The second kappa shape index (κ2) is 7.15. The van der Waals surface area contributed by atoms with Crippen LogP contribution in [-0.2, 0) is 0 Å². The summed E-state index contributed by atoms with van der Waals surface area (Å²) < 4.78 is 15.6. The van der Waals surface area contributed by atoms with E-state index >= 15 is 0 Å². The van der Waals surface area contributed by atoms with E-state index in [-0.39, 0.29) is 5.82 Å². The van der Waals surface area contributed by atoms with Crippen LogP contribution in [0.5, 0.6) is 0 Å². The van der Waals surface area contributed by atoms with Crippen molar-refractivity contribution in [3.63, 3.8) is 0 Å². The van der Waals surface area contributed by atoms with Crippen LogP contribution in [0.4, 0.5) is 4.39 Å². The number of benzene rings is 2. The number of aromatic nitrogens is 1. The average molecular weight is 353 g/mol. The lowest BCUT2D eigenvalue weighted by molar-refractivity contribution is 0.625. The second-order valence-corrected chi connectivity index (χ2v) is 6.79. The Kier molecular flexibility index (Phi) is 4.95. The van der Waals surface area contributed by atoms with Gasteiger partial charge in [0.1, 0.15) is 5.82 Å². The lowest BCUT2D eigenvalue weighted by Crippen LogP contribution is -2.12. The maximum absolute atomic E-state index is 13.9. The van der Waals surface area contributed by atoms with Gasteiger partial charge in [0.2, 0.25) is 4.80 Å². The molecule has 0 aliphatic rings. The number of hydrogen-bond donors (Lipinski definition) is 0. The summed E-state index contributed by atoms with van der Waals surface area (Å²) in [5.41, 5.74) is 6.19. The lowest BCUT2D eigenvalue weighted by atomic mass is 9.99. The summed E-state index contributed by atoms with van der Waals surface area (Å²) in [6, 6.07) is 10.9. The molecule has 25 heavy (non-hydrogen) atoms. The van der Waals surface area contributed by atoms with Crippen LogP contribution in [0.1, 0.15) is 22.3 Å². The van der Waals surface area contributed by atoms with E-state index in [0.29, 0.717) is 5.56 Å². The maximum Gasteiger partial charge on any atom is 0.205 e. The molecular formula is C20H20FN3S. The van der Waals surface area contributed by atoms with Crippen molar-refractivity contribution in [2.24, 2.45) is 10.1 Å². The Morgan fingerprint density at radius 3 is 2.48 bits per heavy atom. The molecule has 3 nitrogen and oxygen atoms in total. The summed E-state index contributed by atoms with van der Waals surface area (Å²) in [6.45, 7) is 6.30. The van der Waals surface area contributed by atoms with Crippen molar-refractivity contribution in [3.05, 3.63) is 74.7 Å². The van der Waals surface area contributed by atoms with Crippen molar-refractivity contribution in [2.45, 2.75) is 20.8 Å². The van der Waals surface area contributed by atoms with E-state index in [1.54, 1.807) is 29.9 Å². The first kappa shape index (κ1) is 17.3. The summed E-state index contributed by atoms with van der Waals surface area (Å²) in [7, 11) is 1.73. The molecule has 3 rings (SSSR count). The van der Waals surface area contributed by atoms with Crippen LogP contribution in [-0.4, -0.2) is 17.9 Å². The monoisotopic (exact) mass is 353 g/mol. The fourth-order valence-electron chi connectivity index (χ4n) is 2.68. The molecule has 0 atom stereocenters. The Hall–Kier alpha value is -2.53. The molecule has 0 amide bonds. The minimum atomic E-state index is -0.291. The fourth-order valence-corrected chi connectivity index (χ4v) is 3.48. The van der Waals surface area contributed by atoms with E-state index in [0.717, 1.165) is 16.1 Å². The summed E-state index contributed by atoms with van der Waals surface area (Å²) in [4.78, 5) is 5.06. The van der Waals surface area contributed by atoms with Gasteiger partial charge in [0, 0.05) is 23.6 Å². The zero-order valence-corrected chi connectivity index (χ0v) is 15.6. The first-order valence-electron chi connectivity index (χ1n) is 8.01. The largest absolute Gasteiger partial charge is 0.261 e. The van der Waals surface area contributed by atoms with E-state index in [1.165, 1.54) is 40.3 Å². The molecule has 0 saturated carbocycles. The number of rotatable bonds is 3.